The number of aromatic nitrogens is 1. The van der Waals surface area contributed by atoms with Gasteiger partial charge in [0.15, 0.2) is 0 Å². The Hall–Kier alpha value is -1.09. The molecule has 0 saturated carbocycles. The second kappa shape index (κ2) is 8.94. The first-order valence-electron chi connectivity index (χ1n) is 8.09. The number of alkyl halides is 3. The highest BCUT2D eigenvalue weighted by Gasteiger charge is 2.40. The molecule has 1 aromatic carbocycles. The zero-order valence-corrected chi connectivity index (χ0v) is 18.2. The van der Waals surface area contributed by atoms with Crippen LogP contribution in [0.5, 0.6) is 0 Å². The minimum atomic E-state index is -4.56. The van der Waals surface area contributed by atoms with Crippen LogP contribution < -0.4 is 0 Å². The summed E-state index contributed by atoms with van der Waals surface area (Å²) in [7, 11) is 3.53. The van der Waals surface area contributed by atoms with E-state index in [0.29, 0.717) is 33.4 Å². The molecular weight excluding hydrogens is 465 g/mol. The zero-order valence-electron chi connectivity index (χ0n) is 15.0. The lowest BCUT2D eigenvalue weighted by Gasteiger charge is -2.17. The number of likely N-dealkylation sites (N-methyl/N-ethyl adjacent to an activating group) is 1. The second-order valence-corrected chi connectivity index (χ2v) is 7.71. The predicted molar refractivity (Wildman–Crippen MR) is 109 cm³/mol. The summed E-state index contributed by atoms with van der Waals surface area (Å²) >= 11 is 14.5. The van der Waals surface area contributed by atoms with Gasteiger partial charge in [-0.1, -0.05) is 36.0 Å². The van der Waals surface area contributed by atoms with E-state index in [2.05, 4.69) is 15.9 Å². The predicted octanol–water partition coefficient (Wildman–Crippen LogP) is 6.02. The van der Waals surface area contributed by atoms with Crippen molar-refractivity contribution in [2.24, 2.45) is 0 Å². The van der Waals surface area contributed by atoms with Gasteiger partial charge in [-0.3, -0.25) is 0 Å². The largest absolute Gasteiger partial charge is 0.432 e. The molecule has 0 aliphatic rings. The molecule has 2 rings (SSSR count). The van der Waals surface area contributed by atoms with Crippen molar-refractivity contribution in [3.63, 3.8) is 0 Å². The summed E-state index contributed by atoms with van der Waals surface area (Å²) in [5, 5.41) is 0.502. The summed E-state index contributed by atoms with van der Waals surface area (Å²) in [5.41, 5.74) is 0.677. The first-order valence-corrected chi connectivity index (χ1v) is 9.67. The lowest BCUT2D eigenvalue weighted by atomic mass is 10.1. The Balaban J connectivity index is 2.77. The fraction of sp³-hybridized carbons (Fsp3) is 0.389. The van der Waals surface area contributed by atoms with Crippen LogP contribution in [0.15, 0.2) is 28.7 Å². The van der Waals surface area contributed by atoms with Crippen molar-refractivity contribution < 1.29 is 17.9 Å². The van der Waals surface area contributed by atoms with E-state index in [9.17, 15) is 13.2 Å². The maximum Gasteiger partial charge on any atom is 0.432 e. The first kappa shape index (κ1) is 22.2. The molecule has 9 heteroatoms. The normalized spacial score (nSPS) is 11.7. The van der Waals surface area contributed by atoms with Gasteiger partial charge in [0, 0.05) is 32.1 Å². The van der Waals surface area contributed by atoms with Gasteiger partial charge in [-0.15, -0.1) is 0 Å². The average molecular weight is 484 g/mol. The third-order valence-corrected chi connectivity index (χ3v) is 5.55. The van der Waals surface area contributed by atoms with Gasteiger partial charge in [-0.25, -0.2) is 0 Å². The van der Waals surface area contributed by atoms with Crippen LogP contribution in [0.2, 0.25) is 5.02 Å². The van der Waals surface area contributed by atoms with Crippen molar-refractivity contribution in [2.75, 3.05) is 20.7 Å². The minimum Gasteiger partial charge on any atom is -0.372 e. The Morgan fingerprint density at radius 3 is 2.33 bits per heavy atom. The third-order valence-electron chi connectivity index (χ3n) is 3.94. The molecule has 0 unspecified atom stereocenters. The molecule has 148 valence electrons. The van der Waals surface area contributed by atoms with Crippen LogP contribution in [-0.4, -0.2) is 35.2 Å². The van der Waals surface area contributed by atoms with E-state index in [-0.39, 0.29) is 17.6 Å². The highest BCUT2D eigenvalue weighted by molar-refractivity contribution is 9.10. The summed E-state index contributed by atoms with van der Waals surface area (Å²) in [5.74, 6) is 0. The maximum absolute atomic E-state index is 13.8. The van der Waals surface area contributed by atoms with Gasteiger partial charge in [0.2, 0.25) is 0 Å². The summed E-state index contributed by atoms with van der Waals surface area (Å²) < 4.78 is 48.0. The number of benzene rings is 1. The molecule has 0 amide bonds. The molecule has 0 aliphatic carbocycles. The van der Waals surface area contributed by atoms with E-state index < -0.39 is 11.9 Å². The Bertz CT molecular complexity index is 819. The zero-order chi connectivity index (χ0) is 20.4. The molecule has 1 heterocycles. The fourth-order valence-electron chi connectivity index (χ4n) is 2.64. The highest BCUT2D eigenvalue weighted by atomic mass is 79.9. The van der Waals surface area contributed by atoms with Crippen molar-refractivity contribution in [1.29, 1.82) is 0 Å². The van der Waals surface area contributed by atoms with Crippen molar-refractivity contribution in [2.45, 2.75) is 26.3 Å². The van der Waals surface area contributed by atoms with Crippen LogP contribution >= 0.6 is 39.7 Å². The molecule has 0 bridgehead atoms. The maximum atomic E-state index is 13.8. The van der Waals surface area contributed by atoms with Gasteiger partial charge < -0.3 is 14.2 Å². The van der Waals surface area contributed by atoms with E-state index in [1.807, 2.05) is 0 Å². The third kappa shape index (κ3) is 5.04. The Morgan fingerprint density at radius 1 is 1.26 bits per heavy atom. The highest BCUT2D eigenvalue weighted by Crippen LogP contribution is 2.44. The molecule has 0 N–H and O–H groups in total. The summed E-state index contributed by atoms with van der Waals surface area (Å²) in [6.07, 6.45) is -4.38. The van der Waals surface area contributed by atoms with E-state index in [1.54, 1.807) is 50.2 Å². The molecule has 27 heavy (non-hydrogen) atoms. The topological polar surface area (TPSA) is 17.4 Å². The van der Waals surface area contributed by atoms with Crippen LogP contribution in [0.1, 0.15) is 18.2 Å². The molecule has 0 spiro atoms. The standard InChI is InChI=1S/C18H19BrClF3N2OS/c1-4-26-10-25-16(11-5-7-12(20)8-6-11)13(9-14(27)24(2)3)15(19)17(25)18(21,22)23/h5-8H,4,9-10H2,1-3H3. The lowest BCUT2D eigenvalue weighted by molar-refractivity contribution is -0.146. The van der Waals surface area contributed by atoms with E-state index in [4.69, 9.17) is 28.6 Å². The summed E-state index contributed by atoms with van der Waals surface area (Å²) in [6.45, 7) is 1.80. The number of hydrogen-bond donors (Lipinski definition) is 0. The number of halogens is 5. The summed E-state index contributed by atoms with van der Waals surface area (Å²) in [6, 6.07) is 6.66. The smallest absolute Gasteiger partial charge is 0.372 e. The monoisotopic (exact) mass is 482 g/mol. The van der Waals surface area contributed by atoms with Gasteiger partial charge in [0.1, 0.15) is 12.4 Å². The molecule has 3 nitrogen and oxygen atoms in total. The number of ether oxygens (including phenoxy) is 1. The van der Waals surface area contributed by atoms with Crippen LogP contribution in [0.4, 0.5) is 13.2 Å². The van der Waals surface area contributed by atoms with Gasteiger partial charge in [-0.2, -0.15) is 13.2 Å². The number of nitrogens with zero attached hydrogens (tertiary/aromatic N) is 2. The van der Waals surface area contributed by atoms with Gasteiger partial charge in [0.25, 0.3) is 0 Å². The molecule has 0 fully saturated rings. The van der Waals surface area contributed by atoms with Crippen LogP contribution in [0.25, 0.3) is 11.3 Å². The second-order valence-electron chi connectivity index (χ2n) is 6.01. The fourth-order valence-corrected chi connectivity index (χ4v) is 3.67. The van der Waals surface area contributed by atoms with Crippen molar-refractivity contribution in [3.8, 4) is 11.3 Å². The van der Waals surface area contributed by atoms with Crippen LogP contribution in [0, 0.1) is 0 Å². The lowest BCUT2D eigenvalue weighted by Crippen LogP contribution is -2.22. The van der Waals surface area contributed by atoms with Crippen molar-refractivity contribution in [1.82, 2.24) is 9.47 Å². The molecule has 0 saturated heterocycles. The molecule has 2 aromatic rings. The first-order chi connectivity index (χ1) is 12.6. The SMILES string of the molecule is CCOCn1c(-c2ccc(Cl)cc2)c(CC(=S)N(C)C)c(Br)c1C(F)(F)F. The molecule has 0 aliphatic heterocycles. The van der Waals surface area contributed by atoms with E-state index in [1.165, 1.54) is 0 Å². The number of thiocarbonyl (C=S) groups is 1. The van der Waals surface area contributed by atoms with Gasteiger partial charge in [0.05, 0.1) is 15.2 Å². The Labute approximate surface area is 175 Å². The van der Waals surface area contributed by atoms with Crippen molar-refractivity contribution >= 4 is 44.7 Å². The van der Waals surface area contributed by atoms with Crippen LogP contribution in [-0.2, 0) is 24.1 Å². The molecule has 0 radical (unpaired) electrons. The van der Waals surface area contributed by atoms with Crippen LogP contribution in [0.3, 0.4) is 0 Å². The molecule has 1 aromatic heterocycles. The average Bonchev–Trinajstić information content (AvgIpc) is 2.85. The van der Waals surface area contributed by atoms with Gasteiger partial charge in [-0.05, 0) is 46.1 Å². The van der Waals surface area contributed by atoms with Gasteiger partial charge >= 0.3 is 6.18 Å². The van der Waals surface area contributed by atoms with E-state index >= 15 is 0 Å². The quantitative estimate of drug-likeness (QED) is 0.468. The number of rotatable bonds is 6. The molecular formula is C18H19BrClF3N2OS. The Morgan fingerprint density at radius 2 is 1.85 bits per heavy atom. The minimum absolute atomic E-state index is 0.0242. The number of hydrogen-bond acceptors (Lipinski definition) is 2. The molecule has 0 atom stereocenters. The van der Waals surface area contributed by atoms with E-state index in [0.717, 1.165) is 4.57 Å². The summed E-state index contributed by atoms with van der Waals surface area (Å²) in [4.78, 5) is 2.23. The van der Waals surface area contributed by atoms with Crippen molar-refractivity contribution in [3.05, 3.63) is 45.0 Å². The Kier molecular flexibility index (Phi) is 7.35.